The van der Waals surface area contributed by atoms with E-state index in [1.807, 2.05) is 6.92 Å². The van der Waals surface area contributed by atoms with Crippen molar-refractivity contribution in [3.8, 4) is 5.75 Å². The number of amides is 1. The monoisotopic (exact) mass is 378 g/mol. The van der Waals surface area contributed by atoms with Crippen LogP contribution in [0.5, 0.6) is 5.75 Å². The van der Waals surface area contributed by atoms with E-state index in [0.29, 0.717) is 16.5 Å². The summed E-state index contributed by atoms with van der Waals surface area (Å²) in [6.45, 7) is 1.61. The lowest BCUT2D eigenvalue weighted by atomic mass is 10.2. The Morgan fingerprint density at radius 1 is 1.24 bits per heavy atom. The van der Waals surface area contributed by atoms with Gasteiger partial charge in [0.25, 0.3) is 5.91 Å². The maximum absolute atomic E-state index is 11.9. The van der Waals surface area contributed by atoms with Gasteiger partial charge in [-0.25, -0.2) is 4.79 Å². The van der Waals surface area contributed by atoms with Crippen molar-refractivity contribution in [3.05, 3.63) is 58.6 Å². The number of ether oxygens (including phenoxy) is 1. The number of nitrogens with one attached hydrogen (secondary N) is 2. The first-order valence-electron chi connectivity index (χ1n) is 7.18. The summed E-state index contributed by atoms with van der Waals surface area (Å²) in [4.78, 5) is 22.8. The van der Waals surface area contributed by atoms with Gasteiger partial charge in [-0.05, 0) is 61.1 Å². The highest BCUT2D eigenvalue weighted by molar-refractivity contribution is 7.80. The fourth-order valence-electron chi connectivity index (χ4n) is 1.91. The molecule has 0 spiro atoms. The first kappa shape index (κ1) is 18.7. The van der Waals surface area contributed by atoms with Crippen molar-refractivity contribution < 1.29 is 19.4 Å². The predicted octanol–water partition coefficient (Wildman–Crippen LogP) is 3.24. The minimum absolute atomic E-state index is 0.0448. The van der Waals surface area contributed by atoms with Crippen LogP contribution in [0.3, 0.4) is 0 Å². The second-order valence-electron chi connectivity index (χ2n) is 5.09. The number of carbonyl (C=O) groups is 2. The molecule has 2 rings (SSSR count). The molecule has 0 aliphatic heterocycles. The topological polar surface area (TPSA) is 87.7 Å². The van der Waals surface area contributed by atoms with Gasteiger partial charge in [0.2, 0.25) is 0 Å². The molecule has 25 heavy (non-hydrogen) atoms. The highest BCUT2D eigenvalue weighted by Crippen LogP contribution is 2.20. The smallest absolute Gasteiger partial charge is 0.335 e. The SMILES string of the molecule is Cc1cc(OCC(=O)NC(=S)Nc2cccc(C(=O)O)c2)ccc1Cl. The van der Waals surface area contributed by atoms with E-state index in [1.54, 1.807) is 30.3 Å². The molecular weight excluding hydrogens is 364 g/mol. The Morgan fingerprint density at radius 2 is 2.00 bits per heavy atom. The Labute approximate surface area is 154 Å². The maximum Gasteiger partial charge on any atom is 0.335 e. The molecule has 1 amide bonds. The Hall–Kier alpha value is -2.64. The van der Waals surface area contributed by atoms with E-state index in [9.17, 15) is 9.59 Å². The number of anilines is 1. The molecule has 0 bridgehead atoms. The molecule has 0 radical (unpaired) electrons. The van der Waals surface area contributed by atoms with Crippen LogP contribution in [0.1, 0.15) is 15.9 Å². The van der Waals surface area contributed by atoms with Gasteiger partial charge in [0.15, 0.2) is 11.7 Å². The number of hydrogen-bond acceptors (Lipinski definition) is 4. The number of thiocarbonyl (C=S) groups is 1. The molecule has 0 unspecified atom stereocenters. The van der Waals surface area contributed by atoms with Gasteiger partial charge >= 0.3 is 5.97 Å². The van der Waals surface area contributed by atoms with Crippen molar-refractivity contribution in [2.45, 2.75) is 6.92 Å². The van der Waals surface area contributed by atoms with Gasteiger partial charge in [-0.15, -0.1) is 0 Å². The van der Waals surface area contributed by atoms with Gasteiger partial charge in [-0.1, -0.05) is 17.7 Å². The van der Waals surface area contributed by atoms with Crippen LogP contribution in [-0.2, 0) is 4.79 Å². The molecule has 0 aliphatic rings. The molecule has 0 fully saturated rings. The molecule has 130 valence electrons. The van der Waals surface area contributed by atoms with Crippen LogP contribution < -0.4 is 15.4 Å². The highest BCUT2D eigenvalue weighted by Gasteiger charge is 2.08. The number of carbonyl (C=O) groups excluding carboxylic acids is 1. The third-order valence-electron chi connectivity index (χ3n) is 3.12. The van der Waals surface area contributed by atoms with Gasteiger partial charge in [0, 0.05) is 10.7 Å². The van der Waals surface area contributed by atoms with E-state index < -0.39 is 11.9 Å². The molecule has 0 atom stereocenters. The lowest BCUT2D eigenvalue weighted by Crippen LogP contribution is -2.37. The molecule has 2 aromatic rings. The van der Waals surface area contributed by atoms with Crippen LogP contribution in [0.2, 0.25) is 5.02 Å². The molecule has 3 N–H and O–H groups in total. The van der Waals surface area contributed by atoms with Crippen LogP contribution in [0.25, 0.3) is 0 Å². The first-order valence-corrected chi connectivity index (χ1v) is 7.97. The lowest BCUT2D eigenvalue weighted by Gasteiger charge is -2.11. The number of aromatic carboxylic acids is 1. The zero-order chi connectivity index (χ0) is 18.4. The van der Waals surface area contributed by atoms with Crippen molar-refractivity contribution in [1.82, 2.24) is 5.32 Å². The summed E-state index contributed by atoms with van der Waals surface area (Å²) in [6.07, 6.45) is 0. The number of rotatable bonds is 5. The van der Waals surface area contributed by atoms with E-state index in [4.69, 9.17) is 33.7 Å². The number of hydrogen-bond donors (Lipinski definition) is 3. The maximum atomic E-state index is 11.9. The summed E-state index contributed by atoms with van der Waals surface area (Å²) in [6, 6.07) is 11.1. The van der Waals surface area contributed by atoms with Crippen LogP contribution in [-0.4, -0.2) is 28.7 Å². The normalized spacial score (nSPS) is 10.0. The van der Waals surface area contributed by atoms with Gasteiger partial charge < -0.3 is 15.2 Å². The standard InChI is InChI=1S/C17H15ClN2O4S/c1-10-7-13(5-6-14(10)18)24-9-15(21)20-17(25)19-12-4-2-3-11(8-12)16(22)23/h2-8H,9H2,1H3,(H,22,23)(H2,19,20,21,25). The Bertz CT molecular complexity index is 826. The van der Waals surface area contributed by atoms with Gasteiger partial charge in [0.05, 0.1) is 5.56 Å². The van der Waals surface area contributed by atoms with Gasteiger partial charge in [-0.2, -0.15) is 0 Å². The fraction of sp³-hybridized carbons (Fsp3) is 0.118. The first-order chi connectivity index (χ1) is 11.8. The fourth-order valence-corrected chi connectivity index (χ4v) is 2.26. The average Bonchev–Trinajstić information content (AvgIpc) is 2.56. The lowest BCUT2D eigenvalue weighted by molar-refractivity contribution is -0.121. The highest BCUT2D eigenvalue weighted by atomic mass is 35.5. The van der Waals surface area contributed by atoms with Crippen molar-refractivity contribution in [3.63, 3.8) is 0 Å². The van der Waals surface area contributed by atoms with Crippen LogP contribution in [0.15, 0.2) is 42.5 Å². The van der Waals surface area contributed by atoms with Crippen molar-refractivity contribution in [1.29, 1.82) is 0 Å². The third-order valence-corrected chi connectivity index (χ3v) is 3.75. The molecule has 0 saturated carbocycles. The number of halogens is 1. The Balaban J connectivity index is 1.85. The van der Waals surface area contributed by atoms with Crippen molar-refractivity contribution >= 4 is 46.5 Å². The van der Waals surface area contributed by atoms with Crippen LogP contribution in [0.4, 0.5) is 5.69 Å². The molecular formula is C17H15ClN2O4S. The summed E-state index contributed by atoms with van der Waals surface area (Å²) >= 11 is 10.9. The second-order valence-corrected chi connectivity index (χ2v) is 5.90. The van der Waals surface area contributed by atoms with E-state index in [0.717, 1.165) is 5.56 Å². The number of carboxylic acids is 1. The number of aryl methyl sites for hydroxylation is 1. The summed E-state index contributed by atoms with van der Waals surface area (Å²) in [5.41, 5.74) is 1.41. The van der Waals surface area contributed by atoms with Gasteiger partial charge in [-0.3, -0.25) is 10.1 Å². The summed E-state index contributed by atoms with van der Waals surface area (Å²) < 4.78 is 5.37. The zero-order valence-corrected chi connectivity index (χ0v) is 14.8. The predicted molar refractivity (Wildman–Crippen MR) is 99.4 cm³/mol. The Kier molecular flexibility index (Phi) is 6.32. The van der Waals surface area contributed by atoms with E-state index >= 15 is 0 Å². The number of carboxylic acid groups (broad SMARTS) is 1. The van der Waals surface area contributed by atoms with Crippen LogP contribution >= 0.6 is 23.8 Å². The summed E-state index contributed by atoms with van der Waals surface area (Å²) in [5, 5.41) is 14.8. The van der Waals surface area contributed by atoms with E-state index in [-0.39, 0.29) is 17.3 Å². The molecule has 0 saturated heterocycles. The summed E-state index contributed by atoms with van der Waals surface area (Å²) in [5.74, 6) is -0.977. The van der Waals surface area contributed by atoms with Crippen molar-refractivity contribution in [2.75, 3.05) is 11.9 Å². The summed E-state index contributed by atoms with van der Waals surface area (Å²) in [7, 11) is 0. The number of benzene rings is 2. The molecule has 6 nitrogen and oxygen atoms in total. The molecule has 0 aliphatic carbocycles. The molecule has 2 aromatic carbocycles. The Morgan fingerprint density at radius 3 is 2.68 bits per heavy atom. The van der Waals surface area contributed by atoms with E-state index in [1.165, 1.54) is 12.1 Å². The zero-order valence-electron chi connectivity index (χ0n) is 13.2. The molecule has 0 heterocycles. The molecule has 8 heteroatoms. The largest absolute Gasteiger partial charge is 0.484 e. The quantitative estimate of drug-likeness (QED) is 0.692. The third kappa shape index (κ3) is 5.74. The van der Waals surface area contributed by atoms with Gasteiger partial charge in [0.1, 0.15) is 5.75 Å². The average molecular weight is 379 g/mol. The minimum atomic E-state index is -1.05. The van der Waals surface area contributed by atoms with E-state index in [2.05, 4.69) is 10.6 Å². The van der Waals surface area contributed by atoms with Crippen molar-refractivity contribution in [2.24, 2.45) is 0 Å². The minimum Gasteiger partial charge on any atom is -0.484 e. The van der Waals surface area contributed by atoms with Crippen LogP contribution in [0, 0.1) is 6.92 Å². The molecule has 0 aromatic heterocycles. The second kappa shape index (κ2) is 8.46.